The molecule has 0 bridgehead atoms. The number of carbonyl (C=O) groups is 1. The number of pyridine rings is 2. The van der Waals surface area contributed by atoms with E-state index in [1.807, 2.05) is 48.7 Å². The lowest BCUT2D eigenvalue weighted by Crippen LogP contribution is -2.24. The summed E-state index contributed by atoms with van der Waals surface area (Å²) in [5.41, 5.74) is 3.83. The van der Waals surface area contributed by atoms with Gasteiger partial charge in [-0.1, -0.05) is 18.2 Å². The molecule has 1 amide bonds. The van der Waals surface area contributed by atoms with Crippen molar-refractivity contribution in [2.24, 2.45) is 0 Å². The molecule has 2 aromatic carbocycles. The molecule has 5 rings (SSSR count). The Kier molecular flexibility index (Phi) is 4.78. The number of fused-ring (bicyclic) bond motifs is 2. The van der Waals surface area contributed by atoms with E-state index < -0.39 is 5.91 Å². The molecule has 3 heterocycles. The number of rotatable bonds is 4. The number of aromatic nitrogens is 3. The average Bonchev–Trinajstić information content (AvgIpc) is 3.24. The molecule has 0 aliphatic rings. The maximum absolute atomic E-state index is 13.0. The third kappa shape index (κ3) is 3.43. The predicted octanol–water partition coefficient (Wildman–Crippen LogP) is 4.79. The van der Waals surface area contributed by atoms with Gasteiger partial charge < -0.3 is 14.3 Å². The zero-order chi connectivity index (χ0) is 22.2. The van der Waals surface area contributed by atoms with Gasteiger partial charge in [0.25, 0.3) is 5.91 Å². The lowest BCUT2D eigenvalue weighted by atomic mass is 10.1. The summed E-state index contributed by atoms with van der Waals surface area (Å²) in [7, 11) is 0. The summed E-state index contributed by atoms with van der Waals surface area (Å²) in [6.07, 6.45) is 1.57. The number of anilines is 1. The van der Waals surface area contributed by atoms with E-state index in [2.05, 4.69) is 15.3 Å². The Morgan fingerprint density at radius 2 is 1.91 bits per heavy atom. The molecule has 158 valence electrons. The van der Waals surface area contributed by atoms with E-state index in [9.17, 15) is 9.59 Å². The number of hydrogen-bond acceptors (Lipinski definition) is 5. The molecule has 0 fully saturated rings. The number of carbonyl (C=O) groups excluding carboxylic acids is 1. The van der Waals surface area contributed by atoms with Crippen molar-refractivity contribution >= 4 is 33.7 Å². The molecule has 0 unspecified atom stereocenters. The van der Waals surface area contributed by atoms with Gasteiger partial charge in [0.15, 0.2) is 5.58 Å². The van der Waals surface area contributed by atoms with E-state index in [1.165, 1.54) is 0 Å². The van der Waals surface area contributed by atoms with Crippen molar-refractivity contribution in [3.05, 3.63) is 88.3 Å². The first-order valence-corrected chi connectivity index (χ1v) is 10.3. The lowest BCUT2D eigenvalue weighted by molar-refractivity contribution is 0.102. The van der Waals surface area contributed by atoms with Crippen molar-refractivity contribution in [2.75, 3.05) is 5.32 Å². The summed E-state index contributed by atoms with van der Waals surface area (Å²) in [4.78, 5) is 35.0. The molecule has 0 saturated carbocycles. The van der Waals surface area contributed by atoms with Crippen molar-refractivity contribution in [1.82, 2.24) is 14.5 Å². The molecule has 7 nitrogen and oxygen atoms in total. The fourth-order valence-electron chi connectivity index (χ4n) is 3.69. The summed E-state index contributed by atoms with van der Waals surface area (Å²) < 4.78 is 7.63. The molecule has 1 N–H and O–H groups in total. The van der Waals surface area contributed by atoms with Gasteiger partial charge in [0.1, 0.15) is 16.7 Å². The van der Waals surface area contributed by atoms with Crippen LogP contribution in [0.4, 0.5) is 5.69 Å². The third-order valence-electron chi connectivity index (χ3n) is 5.31. The highest BCUT2D eigenvalue weighted by Crippen LogP contribution is 2.26. The molecular formula is C25H20N4O3. The van der Waals surface area contributed by atoms with Crippen LogP contribution in [0.2, 0.25) is 0 Å². The summed E-state index contributed by atoms with van der Waals surface area (Å²) in [5.74, 6) is -0.0165. The highest BCUT2D eigenvalue weighted by molar-refractivity contribution is 6.05. The number of oxazole rings is 1. The number of hydrogen-bond donors (Lipinski definition) is 1. The summed E-state index contributed by atoms with van der Waals surface area (Å²) in [6, 6.07) is 18.2. The van der Waals surface area contributed by atoms with Gasteiger partial charge in [0.2, 0.25) is 11.3 Å². The number of benzene rings is 2. The first kappa shape index (κ1) is 19.7. The minimum atomic E-state index is -0.477. The van der Waals surface area contributed by atoms with Crippen LogP contribution in [0.1, 0.15) is 23.0 Å². The van der Waals surface area contributed by atoms with Gasteiger partial charge in [0, 0.05) is 29.7 Å². The first-order chi connectivity index (χ1) is 15.5. The van der Waals surface area contributed by atoms with E-state index in [0.717, 1.165) is 16.8 Å². The van der Waals surface area contributed by atoms with Crippen LogP contribution in [0.5, 0.6) is 0 Å². The van der Waals surface area contributed by atoms with Crippen molar-refractivity contribution in [3.8, 4) is 11.5 Å². The molecule has 0 radical (unpaired) electrons. The fourth-order valence-corrected chi connectivity index (χ4v) is 3.69. The molecule has 0 atom stereocenters. The van der Waals surface area contributed by atoms with Crippen molar-refractivity contribution in [3.63, 3.8) is 0 Å². The molecular weight excluding hydrogens is 404 g/mol. The number of aryl methyl sites for hydroxylation is 2. The molecule has 7 heteroatoms. The van der Waals surface area contributed by atoms with Crippen LogP contribution in [0.3, 0.4) is 0 Å². The fraction of sp³-hybridized carbons (Fsp3) is 0.120. The SMILES string of the molecule is CCn1cc(C(=O)Nc2cccc(-c3nc4ccccc4o3)c2)c(=O)c2ccc(C)nc21. The molecule has 0 aliphatic heterocycles. The second kappa shape index (κ2) is 7.77. The smallest absolute Gasteiger partial charge is 0.261 e. The minimum absolute atomic E-state index is 0.0669. The van der Waals surface area contributed by atoms with Crippen LogP contribution in [0.25, 0.3) is 33.6 Å². The molecule has 32 heavy (non-hydrogen) atoms. The maximum Gasteiger partial charge on any atom is 0.261 e. The largest absolute Gasteiger partial charge is 0.436 e. The second-order valence-electron chi connectivity index (χ2n) is 7.50. The Morgan fingerprint density at radius 1 is 1.06 bits per heavy atom. The third-order valence-corrected chi connectivity index (χ3v) is 5.31. The number of amides is 1. The van der Waals surface area contributed by atoms with Gasteiger partial charge >= 0.3 is 0 Å². The van der Waals surface area contributed by atoms with Crippen molar-refractivity contribution in [1.29, 1.82) is 0 Å². The van der Waals surface area contributed by atoms with E-state index in [0.29, 0.717) is 34.7 Å². The van der Waals surface area contributed by atoms with Crippen LogP contribution in [0, 0.1) is 6.92 Å². The Labute approximate surface area is 183 Å². The normalized spacial score (nSPS) is 11.2. The van der Waals surface area contributed by atoms with Crippen LogP contribution < -0.4 is 10.7 Å². The van der Waals surface area contributed by atoms with Crippen LogP contribution >= 0.6 is 0 Å². The Hall–Kier alpha value is -4.26. The van der Waals surface area contributed by atoms with Crippen molar-refractivity contribution < 1.29 is 9.21 Å². The minimum Gasteiger partial charge on any atom is -0.436 e. The summed E-state index contributed by atoms with van der Waals surface area (Å²) in [5, 5.41) is 3.25. The number of nitrogens with one attached hydrogen (secondary N) is 1. The van der Waals surface area contributed by atoms with E-state index >= 15 is 0 Å². The highest BCUT2D eigenvalue weighted by Gasteiger charge is 2.17. The van der Waals surface area contributed by atoms with Gasteiger partial charge in [-0.25, -0.2) is 9.97 Å². The summed E-state index contributed by atoms with van der Waals surface area (Å²) in [6.45, 7) is 4.40. The number of para-hydroxylation sites is 2. The van der Waals surface area contributed by atoms with Crippen LogP contribution in [-0.4, -0.2) is 20.4 Å². The quantitative estimate of drug-likeness (QED) is 0.448. The second-order valence-corrected chi connectivity index (χ2v) is 7.50. The molecule has 5 aromatic rings. The zero-order valence-electron chi connectivity index (χ0n) is 17.6. The van der Waals surface area contributed by atoms with Gasteiger partial charge in [-0.2, -0.15) is 0 Å². The van der Waals surface area contributed by atoms with Crippen LogP contribution in [-0.2, 0) is 6.54 Å². The summed E-state index contributed by atoms with van der Waals surface area (Å²) >= 11 is 0. The van der Waals surface area contributed by atoms with Gasteiger partial charge in [0.05, 0.1) is 5.39 Å². The first-order valence-electron chi connectivity index (χ1n) is 10.3. The lowest BCUT2D eigenvalue weighted by Gasteiger charge is -2.12. The molecule has 3 aromatic heterocycles. The van der Waals surface area contributed by atoms with Crippen LogP contribution in [0.15, 0.2) is 76.1 Å². The van der Waals surface area contributed by atoms with E-state index in [1.54, 1.807) is 36.5 Å². The van der Waals surface area contributed by atoms with Crippen molar-refractivity contribution in [2.45, 2.75) is 20.4 Å². The van der Waals surface area contributed by atoms with Gasteiger partial charge in [-0.15, -0.1) is 0 Å². The molecule has 0 spiro atoms. The molecule has 0 saturated heterocycles. The highest BCUT2D eigenvalue weighted by atomic mass is 16.3. The average molecular weight is 424 g/mol. The predicted molar refractivity (Wildman–Crippen MR) is 124 cm³/mol. The topological polar surface area (TPSA) is 90.0 Å². The van der Waals surface area contributed by atoms with E-state index in [4.69, 9.17) is 4.42 Å². The Morgan fingerprint density at radius 3 is 2.72 bits per heavy atom. The Bertz CT molecular complexity index is 1520. The Balaban J connectivity index is 1.50. The standard InChI is InChI=1S/C25H20N4O3/c1-3-29-14-19(22(30)18-12-11-15(2)26-23(18)29)24(31)27-17-8-6-7-16(13-17)25-28-20-9-4-5-10-21(20)32-25/h4-14H,3H2,1-2H3,(H,27,31). The molecule has 0 aliphatic carbocycles. The van der Waals surface area contributed by atoms with Gasteiger partial charge in [-0.3, -0.25) is 9.59 Å². The monoisotopic (exact) mass is 424 g/mol. The zero-order valence-corrected chi connectivity index (χ0v) is 17.6. The van der Waals surface area contributed by atoms with Gasteiger partial charge in [-0.05, 0) is 56.3 Å². The van der Waals surface area contributed by atoms with E-state index in [-0.39, 0.29) is 11.0 Å². The maximum atomic E-state index is 13.0. The number of nitrogens with zero attached hydrogens (tertiary/aromatic N) is 3.